The molecule has 1 atom stereocenters. The zero-order valence-corrected chi connectivity index (χ0v) is 10.2. The van der Waals surface area contributed by atoms with Gasteiger partial charge in [-0.25, -0.2) is 0 Å². The van der Waals surface area contributed by atoms with E-state index in [9.17, 15) is 0 Å². The van der Waals surface area contributed by atoms with Gasteiger partial charge in [0.25, 0.3) is 0 Å². The number of nitrogens with two attached hydrogens (primary N) is 2. The van der Waals surface area contributed by atoms with Crippen LogP contribution in [0.1, 0.15) is 18.0 Å². The maximum atomic E-state index is 5.92. The summed E-state index contributed by atoms with van der Waals surface area (Å²) in [5.41, 5.74) is 12.6. The Balaban J connectivity index is 0.00000144. The van der Waals surface area contributed by atoms with Crippen LogP contribution in [0.4, 0.5) is 0 Å². The Morgan fingerprint density at radius 2 is 1.92 bits per heavy atom. The molecule has 0 saturated carbocycles. The maximum Gasteiger partial charge on any atom is 0.0317 e. The first-order valence-corrected chi connectivity index (χ1v) is 5.03. The molecule has 0 radical (unpaired) electrons. The zero-order chi connectivity index (χ0) is 8.97. The number of hydrogen-bond acceptors (Lipinski definition) is 2. The lowest BCUT2D eigenvalue weighted by Crippen LogP contribution is -2.16. The van der Waals surface area contributed by atoms with Crippen LogP contribution in [0.2, 0.25) is 0 Å². The molecule has 74 valence electrons. The van der Waals surface area contributed by atoms with Crippen molar-refractivity contribution in [1.29, 1.82) is 0 Å². The van der Waals surface area contributed by atoms with Gasteiger partial charge in [-0.15, -0.1) is 12.4 Å². The molecular weight excluding hydrogens is 298 g/mol. The molecule has 0 aliphatic rings. The van der Waals surface area contributed by atoms with Crippen molar-refractivity contribution in [3.63, 3.8) is 0 Å². The van der Waals surface area contributed by atoms with Crippen molar-refractivity contribution in [2.75, 3.05) is 6.54 Å². The van der Waals surface area contributed by atoms with Gasteiger partial charge in [-0.2, -0.15) is 0 Å². The number of rotatable bonds is 3. The first-order valence-electron chi connectivity index (χ1n) is 3.95. The Hall–Kier alpha value is 0.160. The molecule has 0 saturated heterocycles. The smallest absolute Gasteiger partial charge is 0.0317 e. The van der Waals surface area contributed by atoms with E-state index in [1.54, 1.807) is 0 Å². The minimum absolute atomic E-state index is 0. The summed E-state index contributed by atoms with van der Waals surface area (Å²) >= 11 is 2.29. The van der Waals surface area contributed by atoms with Crippen LogP contribution in [0.3, 0.4) is 0 Å². The van der Waals surface area contributed by atoms with Gasteiger partial charge in [-0.05, 0) is 47.2 Å². The van der Waals surface area contributed by atoms with Crippen molar-refractivity contribution in [3.05, 3.63) is 33.4 Å². The highest BCUT2D eigenvalue weighted by molar-refractivity contribution is 14.1. The molecular formula is C9H14ClIN2. The quantitative estimate of drug-likeness (QED) is 0.840. The highest BCUT2D eigenvalue weighted by Gasteiger charge is 2.06. The first-order chi connectivity index (χ1) is 5.75. The lowest BCUT2D eigenvalue weighted by molar-refractivity contribution is 0.658. The predicted octanol–water partition coefficient (Wildman–Crippen LogP) is 2.06. The summed E-state index contributed by atoms with van der Waals surface area (Å²) < 4.78 is 1.22. The predicted molar refractivity (Wildman–Crippen MR) is 67.0 cm³/mol. The summed E-state index contributed by atoms with van der Waals surface area (Å²) in [7, 11) is 0. The molecule has 0 fully saturated rings. The monoisotopic (exact) mass is 312 g/mol. The van der Waals surface area contributed by atoms with Gasteiger partial charge in [-0.3, -0.25) is 0 Å². The molecule has 1 aromatic carbocycles. The first kappa shape index (κ1) is 13.2. The fourth-order valence-electron chi connectivity index (χ4n) is 1.11. The molecule has 1 aromatic rings. The molecule has 0 bridgehead atoms. The van der Waals surface area contributed by atoms with Crippen molar-refractivity contribution in [1.82, 2.24) is 0 Å². The van der Waals surface area contributed by atoms with Gasteiger partial charge in [0.2, 0.25) is 0 Å². The van der Waals surface area contributed by atoms with Crippen LogP contribution in [-0.4, -0.2) is 6.54 Å². The molecule has 4 N–H and O–H groups in total. The lowest BCUT2D eigenvalue weighted by atomic mass is 10.1. The summed E-state index contributed by atoms with van der Waals surface area (Å²) in [5.74, 6) is 0. The standard InChI is InChI=1S/C9H13IN2.ClH/c10-8-4-2-1-3-7(8)9(12)5-6-11;/h1-4,9H,5-6,11-12H2;1H/t9-;/m1./s1. The van der Waals surface area contributed by atoms with Crippen LogP contribution in [0.5, 0.6) is 0 Å². The average molecular weight is 313 g/mol. The third-order valence-electron chi connectivity index (χ3n) is 1.78. The third kappa shape index (κ3) is 3.81. The molecule has 2 nitrogen and oxygen atoms in total. The Bertz CT molecular complexity index is 255. The van der Waals surface area contributed by atoms with E-state index in [-0.39, 0.29) is 18.4 Å². The number of halogens is 2. The fourth-order valence-corrected chi connectivity index (χ4v) is 1.90. The lowest BCUT2D eigenvalue weighted by Gasteiger charge is -2.11. The highest BCUT2D eigenvalue weighted by Crippen LogP contribution is 2.19. The van der Waals surface area contributed by atoms with E-state index in [4.69, 9.17) is 11.5 Å². The molecule has 0 spiro atoms. The Kier molecular flexibility index (Phi) is 6.67. The van der Waals surface area contributed by atoms with Crippen LogP contribution >= 0.6 is 35.0 Å². The minimum Gasteiger partial charge on any atom is -0.330 e. The van der Waals surface area contributed by atoms with Crippen molar-refractivity contribution < 1.29 is 0 Å². The maximum absolute atomic E-state index is 5.92. The van der Waals surface area contributed by atoms with Gasteiger partial charge in [0.1, 0.15) is 0 Å². The Morgan fingerprint density at radius 3 is 2.46 bits per heavy atom. The van der Waals surface area contributed by atoms with Gasteiger partial charge in [0, 0.05) is 9.61 Å². The second-order valence-corrected chi connectivity index (χ2v) is 3.87. The zero-order valence-electron chi connectivity index (χ0n) is 7.24. The SMILES string of the molecule is Cl.NCC[C@@H](N)c1ccccc1I. The fraction of sp³-hybridized carbons (Fsp3) is 0.333. The van der Waals surface area contributed by atoms with E-state index in [0.717, 1.165) is 6.42 Å². The molecule has 13 heavy (non-hydrogen) atoms. The van der Waals surface area contributed by atoms with Gasteiger partial charge < -0.3 is 11.5 Å². The highest BCUT2D eigenvalue weighted by atomic mass is 127. The molecule has 1 rings (SSSR count). The van der Waals surface area contributed by atoms with Crippen molar-refractivity contribution in [2.45, 2.75) is 12.5 Å². The van der Waals surface area contributed by atoms with Crippen LogP contribution in [0.25, 0.3) is 0 Å². The summed E-state index contributed by atoms with van der Waals surface area (Å²) in [4.78, 5) is 0. The van der Waals surface area contributed by atoms with E-state index < -0.39 is 0 Å². The topological polar surface area (TPSA) is 52.0 Å². The van der Waals surface area contributed by atoms with Gasteiger partial charge >= 0.3 is 0 Å². The Labute approximate surface area is 98.6 Å². The van der Waals surface area contributed by atoms with E-state index >= 15 is 0 Å². The largest absolute Gasteiger partial charge is 0.330 e. The normalized spacial score (nSPS) is 11.9. The summed E-state index contributed by atoms with van der Waals surface area (Å²) in [6, 6.07) is 8.23. The molecule has 0 unspecified atom stereocenters. The van der Waals surface area contributed by atoms with E-state index in [2.05, 4.69) is 34.7 Å². The van der Waals surface area contributed by atoms with Gasteiger partial charge in [-0.1, -0.05) is 18.2 Å². The van der Waals surface area contributed by atoms with Crippen molar-refractivity contribution in [2.24, 2.45) is 11.5 Å². The van der Waals surface area contributed by atoms with Gasteiger partial charge in [0.15, 0.2) is 0 Å². The summed E-state index contributed by atoms with van der Waals surface area (Å²) in [6.45, 7) is 0.645. The molecule has 0 aliphatic carbocycles. The van der Waals surface area contributed by atoms with E-state index in [1.807, 2.05) is 12.1 Å². The molecule has 0 heterocycles. The molecule has 0 amide bonds. The van der Waals surface area contributed by atoms with E-state index in [1.165, 1.54) is 9.13 Å². The van der Waals surface area contributed by atoms with Crippen LogP contribution in [0.15, 0.2) is 24.3 Å². The Morgan fingerprint density at radius 1 is 1.31 bits per heavy atom. The van der Waals surface area contributed by atoms with E-state index in [0.29, 0.717) is 6.54 Å². The molecule has 4 heteroatoms. The minimum atomic E-state index is 0. The average Bonchev–Trinajstić information content (AvgIpc) is 2.05. The second-order valence-electron chi connectivity index (χ2n) is 2.71. The van der Waals surface area contributed by atoms with Gasteiger partial charge in [0.05, 0.1) is 0 Å². The van der Waals surface area contributed by atoms with Crippen molar-refractivity contribution >= 4 is 35.0 Å². The van der Waals surface area contributed by atoms with Crippen molar-refractivity contribution in [3.8, 4) is 0 Å². The molecule has 0 aliphatic heterocycles. The molecule has 0 aromatic heterocycles. The van der Waals surface area contributed by atoms with Crippen LogP contribution in [0, 0.1) is 3.57 Å². The second kappa shape index (κ2) is 6.59. The summed E-state index contributed by atoms with van der Waals surface area (Å²) in [6.07, 6.45) is 0.847. The number of benzene rings is 1. The van der Waals surface area contributed by atoms with Crippen LogP contribution < -0.4 is 11.5 Å². The number of hydrogen-bond donors (Lipinski definition) is 2. The summed E-state index contributed by atoms with van der Waals surface area (Å²) in [5, 5.41) is 0. The third-order valence-corrected chi connectivity index (χ3v) is 2.76. The van der Waals surface area contributed by atoms with Crippen LogP contribution in [-0.2, 0) is 0 Å².